The van der Waals surface area contributed by atoms with Gasteiger partial charge in [-0.1, -0.05) is 29.8 Å². The third-order valence-corrected chi connectivity index (χ3v) is 4.03. The smallest absolute Gasteiger partial charge is 0.0623 e. The van der Waals surface area contributed by atoms with E-state index in [-0.39, 0.29) is 18.8 Å². The maximum Gasteiger partial charge on any atom is 0.0623 e. The second-order valence-corrected chi connectivity index (χ2v) is 5.93. The number of ether oxygens (including phenoxy) is 1. The van der Waals surface area contributed by atoms with E-state index in [1.807, 2.05) is 45.0 Å². The van der Waals surface area contributed by atoms with E-state index in [9.17, 15) is 10.2 Å². The van der Waals surface area contributed by atoms with Gasteiger partial charge in [-0.3, -0.25) is 0 Å². The van der Waals surface area contributed by atoms with Gasteiger partial charge in [0.25, 0.3) is 0 Å². The monoisotopic (exact) mass is 266 g/mol. The molecule has 2 N–H and O–H groups in total. The third-order valence-electron chi connectivity index (χ3n) is 4.03. The average molecular weight is 266 g/mol. The van der Waals surface area contributed by atoms with Crippen molar-refractivity contribution in [2.75, 3.05) is 20.3 Å². The van der Waals surface area contributed by atoms with Crippen LogP contribution < -0.4 is 0 Å². The first-order valence-corrected chi connectivity index (χ1v) is 6.73. The van der Waals surface area contributed by atoms with Gasteiger partial charge < -0.3 is 14.9 Å². The number of benzene rings is 1. The first-order valence-electron chi connectivity index (χ1n) is 6.73. The van der Waals surface area contributed by atoms with Gasteiger partial charge >= 0.3 is 0 Å². The molecule has 0 aliphatic rings. The normalized spacial score (nSPS) is 12.7. The quantitative estimate of drug-likeness (QED) is 0.797. The van der Waals surface area contributed by atoms with Gasteiger partial charge in [0.2, 0.25) is 0 Å². The molecule has 1 rings (SSSR count). The summed E-state index contributed by atoms with van der Waals surface area (Å²) in [6, 6.07) is 8.00. The summed E-state index contributed by atoms with van der Waals surface area (Å²) < 4.78 is 5.41. The van der Waals surface area contributed by atoms with Crippen molar-refractivity contribution in [3.63, 3.8) is 0 Å². The Labute approximate surface area is 116 Å². The van der Waals surface area contributed by atoms with Crippen molar-refractivity contribution in [2.45, 2.75) is 44.6 Å². The number of aliphatic hydroxyl groups excluding tert-OH is 2. The molecule has 0 bridgehead atoms. The van der Waals surface area contributed by atoms with Crippen LogP contribution in [0.5, 0.6) is 0 Å². The fourth-order valence-corrected chi connectivity index (χ4v) is 2.08. The highest BCUT2D eigenvalue weighted by Crippen LogP contribution is 2.32. The molecule has 1 aromatic rings. The van der Waals surface area contributed by atoms with Gasteiger partial charge in [-0.2, -0.15) is 0 Å². The first kappa shape index (κ1) is 16.2. The SMILES string of the molecule is COC(C)(C)CCC(CO)(CO)c1ccc(C)cc1. The highest BCUT2D eigenvalue weighted by atomic mass is 16.5. The van der Waals surface area contributed by atoms with Crippen LogP contribution in [0.2, 0.25) is 0 Å². The van der Waals surface area contributed by atoms with Crippen molar-refractivity contribution in [1.29, 1.82) is 0 Å². The highest BCUT2D eigenvalue weighted by Gasteiger charge is 2.33. The molecule has 0 radical (unpaired) electrons. The molecule has 3 nitrogen and oxygen atoms in total. The molecule has 1 aromatic carbocycles. The maximum absolute atomic E-state index is 9.77. The molecule has 3 heteroatoms. The van der Waals surface area contributed by atoms with Gasteiger partial charge in [-0.15, -0.1) is 0 Å². The molecule has 108 valence electrons. The van der Waals surface area contributed by atoms with Crippen LogP contribution in [0.1, 0.15) is 37.8 Å². The van der Waals surface area contributed by atoms with E-state index in [0.29, 0.717) is 6.42 Å². The Hall–Kier alpha value is -0.900. The molecule has 0 fully saturated rings. The minimum atomic E-state index is -0.594. The largest absolute Gasteiger partial charge is 0.395 e. The lowest BCUT2D eigenvalue weighted by atomic mass is 9.76. The van der Waals surface area contributed by atoms with Crippen LogP contribution in [0, 0.1) is 6.92 Å². The van der Waals surface area contributed by atoms with Gasteiger partial charge in [-0.05, 0) is 39.2 Å². The topological polar surface area (TPSA) is 49.7 Å². The van der Waals surface area contributed by atoms with E-state index in [2.05, 4.69) is 0 Å². The summed E-state index contributed by atoms with van der Waals surface area (Å²) in [5.74, 6) is 0. The minimum absolute atomic E-state index is 0.0631. The van der Waals surface area contributed by atoms with Gasteiger partial charge in [-0.25, -0.2) is 0 Å². The lowest BCUT2D eigenvalue weighted by Crippen LogP contribution is -2.37. The second kappa shape index (κ2) is 6.51. The van der Waals surface area contributed by atoms with E-state index in [1.165, 1.54) is 5.56 Å². The molecule has 0 aromatic heterocycles. The van der Waals surface area contributed by atoms with Crippen LogP contribution in [-0.2, 0) is 10.2 Å². The predicted molar refractivity (Wildman–Crippen MR) is 77.4 cm³/mol. The number of aryl methyl sites for hydroxylation is 1. The summed E-state index contributed by atoms with van der Waals surface area (Å²) in [6.07, 6.45) is 1.46. The van der Waals surface area contributed by atoms with Crippen LogP contribution in [0.3, 0.4) is 0 Å². The zero-order valence-electron chi connectivity index (χ0n) is 12.4. The summed E-state index contributed by atoms with van der Waals surface area (Å²) in [4.78, 5) is 0. The van der Waals surface area contributed by atoms with E-state index >= 15 is 0 Å². The fraction of sp³-hybridized carbons (Fsp3) is 0.625. The molecule has 0 heterocycles. The Morgan fingerprint density at radius 2 is 1.53 bits per heavy atom. The highest BCUT2D eigenvalue weighted by molar-refractivity contribution is 5.29. The molecule has 0 atom stereocenters. The first-order chi connectivity index (χ1) is 8.89. The van der Waals surface area contributed by atoms with Crippen molar-refractivity contribution in [2.24, 2.45) is 0 Å². The zero-order chi connectivity index (χ0) is 14.5. The third kappa shape index (κ3) is 4.03. The summed E-state index contributed by atoms with van der Waals surface area (Å²) in [7, 11) is 1.69. The van der Waals surface area contributed by atoms with Crippen LogP contribution in [-0.4, -0.2) is 36.1 Å². The summed E-state index contributed by atoms with van der Waals surface area (Å²) in [5.41, 5.74) is 1.31. The van der Waals surface area contributed by atoms with Gasteiger partial charge in [0, 0.05) is 12.5 Å². The lowest BCUT2D eigenvalue weighted by molar-refractivity contribution is 0.000224. The predicted octanol–water partition coefficient (Wildman–Crippen LogP) is 2.42. The Bertz CT molecular complexity index is 377. The van der Waals surface area contributed by atoms with Crippen molar-refractivity contribution < 1.29 is 14.9 Å². The molecule has 19 heavy (non-hydrogen) atoms. The van der Waals surface area contributed by atoms with Crippen molar-refractivity contribution in [1.82, 2.24) is 0 Å². The van der Waals surface area contributed by atoms with Crippen LogP contribution in [0.15, 0.2) is 24.3 Å². The molecule has 0 aliphatic carbocycles. The minimum Gasteiger partial charge on any atom is -0.395 e. The number of hydrogen-bond acceptors (Lipinski definition) is 3. The molecular formula is C16H26O3. The Balaban J connectivity index is 2.94. The van der Waals surface area contributed by atoms with Crippen LogP contribution >= 0.6 is 0 Å². The average Bonchev–Trinajstić information content (AvgIpc) is 2.42. The number of methoxy groups -OCH3 is 1. The van der Waals surface area contributed by atoms with Crippen molar-refractivity contribution in [3.8, 4) is 0 Å². The molecule has 0 saturated carbocycles. The second-order valence-electron chi connectivity index (χ2n) is 5.93. The lowest BCUT2D eigenvalue weighted by Gasteiger charge is -2.34. The Morgan fingerprint density at radius 3 is 1.95 bits per heavy atom. The molecule has 0 spiro atoms. The standard InChI is InChI=1S/C16H26O3/c1-13-5-7-14(8-6-13)16(11-17,12-18)10-9-15(2,3)19-4/h5-8,17-18H,9-12H2,1-4H3. The van der Waals surface area contributed by atoms with E-state index in [4.69, 9.17) is 4.74 Å². The summed E-state index contributed by atoms with van der Waals surface area (Å²) in [5, 5.41) is 19.5. The van der Waals surface area contributed by atoms with E-state index in [0.717, 1.165) is 12.0 Å². The molecule has 0 aliphatic heterocycles. The van der Waals surface area contributed by atoms with Gasteiger partial charge in [0.15, 0.2) is 0 Å². The Kier molecular flexibility index (Phi) is 5.53. The molecule has 0 saturated heterocycles. The van der Waals surface area contributed by atoms with Crippen LogP contribution in [0.4, 0.5) is 0 Å². The molecule has 0 unspecified atom stereocenters. The molecular weight excluding hydrogens is 240 g/mol. The van der Waals surface area contributed by atoms with E-state index in [1.54, 1.807) is 7.11 Å². The van der Waals surface area contributed by atoms with Crippen molar-refractivity contribution in [3.05, 3.63) is 35.4 Å². The number of aliphatic hydroxyl groups is 2. The van der Waals surface area contributed by atoms with Gasteiger partial charge in [0.05, 0.1) is 18.8 Å². The zero-order valence-corrected chi connectivity index (χ0v) is 12.4. The van der Waals surface area contributed by atoms with Crippen molar-refractivity contribution >= 4 is 0 Å². The van der Waals surface area contributed by atoms with Crippen LogP contribution in [0.25, 0.3) is 0 Å². The maximum atomic E-state index is 9.77. The summed E-state index contributed by atoms with van der Waals surface area (Å²) in [6.45, 7) is 5.93. The molecule has 0 amide bonds. The Morgan fingerprint density at radius 1 is 1.00 bits per heavy atom. The van der Waals surface area contributed by atoms with Gasteiger partial charge in [0.1, 0.15) is 0 Å². The van der Waals surface area contributed by atoms with E-state index < -0.39 is 5.41 Å². The summed E-state index contributed by atoms with van der Waals surface area (Å²) >= 11 is 0. The number of hydrogen-bond donors (Lipinski definition) is 2. The number of rotatable bonds is 7. The fourth-order valence-electron chi connectivity index (χ4n) is 2.08.